The number of benzene rings is 2. The summed E-state index contributed by atoms with van der Waals surface area (Å²) in [6.45, 7) is 2.21. The number of hydrogen-bond acceptors (Lipinski definition) is 6. The molecule has 2 atom stereocenters. The Morgan fingerprint density at radius 3 is 2.31 bits per heavy atom. The molecule has 2 amide bonds. The molecule has 4 fully saturated rings. The van der Waals surface area contributed by atoms with E-state index in [-0.39, 0.29) is 23.6 Å². The molecule has 2 bridgehead atoms. The minimum absolute atomic E-state index is 0.248. The van der Waals surface area contributed by atoms with Gasteiger partial charge in [-0.05, 0) is 85.5 Å². The fraction of sp³-hybridized carbons (Fsp3) is 0.529. The topological polar surface area (TPSA) is 113 Å². The maximum Gasteiger partial charge on any atom is 0.303 e. The van der Waals surface area contributed by atoms with Crippen LogP contribution in [0.2, 0.25) is 0 Å². The van der Waals surface area contributed by atoms with Crippen LogP contribution < -0.4 is 14.8 Å². The van der Waals surface area contributed by atoms with Gasteiger partial charge in [-0.3, -0.25) is 9.59 Å². The molecule has 2 aromatic carbocycles. The molecule has 2 saturated heterocycles. The van der Waals surface area contributed by atoms with Gasteiger partial charge in [-0.1, -0.05) is 25.3 Å². The standard InChI is InChI=1S/C34H43N5O5S/c1-37(2)45(42,43)36-32(40)24-11-14-28-29(17-24)38(21-34(15-16-34)33(41)39-25-18-26(39)20-35-19-25)31(23-9-12-27(44-3)13-10-23)30(28)22-7-5-4-6-8-22/h9-14,17,22,25-26,35H,4-8,15-16,18-21H2,1-3H3,(H,36,40)/t25-,26+. The van der Waals surface area contributed by atoms with E-state index in [2.05, 4.69) is 31.6 Å². The van der Waals surface area contributed by atoms with Crippen LogP contribution in [0.5, 0.6) is 5.75 Å². The number of nitrogens with zero attached hydrogens (tertiary/aromatic N) is 3. The molecule has 10 nitrogen and oxygen atoms in total. The molecule has 0 radical (unpaired) electrons. The summed E-state index contributed by atoms with van der Waals surface area (Å²) in [5.74, 6) is 0.688. The number of rotatable bonds is 9. The Hall–Kier alpha value is -3.41. The second-order valence-electron chi connectivity index (χ2n) is 13.6. The summed E-state index contributed by atoms with van der Waals surface area (Å²) in [6, 6.07) is 14.2. The van der Waals surface area contributed by atoms with Crippen molar-refractivity contribution in [3.63, 3.8) is 0 Å². The maximum atomic E-state index is 14.2. The molecule has 2 aliphatic heterocycles. The van der Waals surface area contributed by atoms with Crippen molar-refractivity contribution in [3.8, 4) is 17.0 Å². The van der Waals surface area contributed by atoms with E-state index in [0.717, 1.165) is 90.3 Å². The van der Waals surface area contributed by atoms with Gasteiger partial charge < -0.3 is 19.5 Å². The zero-order valence-electron chi connectivity index (χ0n) is 26.3. The van der Waals surface area contributed by atoms with E-state index >= 15 is 0 Å². The lowest BCUT2D eigenvalue weighted by Gasteiger charge is -2.54. The summed E-state index contributed by atoms with van der Waals surface area (Å²) >= 11 is 0. The van der Waals surface area contributed by atoms with Crippen LogP contribution in [0.25, 0.3) is 22.2 Å². The van der Waals surface area contributed by atoms with Gasteiger partial charge >= 0.3 is 10.2 Å². The first-order valence-electron chi connectivity index (χ1n) is 16.2. The number of carbonyl (C=O) groups is 2. The normalized spacial score (nSPS) is 22.7. The highest BCUT2D eigenvalue weighted by Gasteiger charge is 2.57. The van der Waals surface area contributed by atoms with Crippen LogP contribution in [0.4, 0.5) is 0 Å². The summed E-state index contributed by atoms with van der Waals surface area (Å²) in [7, 11) is 0.466. The van der Waals surface area contributed by atoms with Gasteiger partial charge in [0.2, 0.25) is 5.91 Å². The second-order valence-corrected chi connectivity index (χ2v) is 15.4. The second kappa shape index (κ2) is 11.4. The van der Waals surface area contributed by atoms with E-state index < -0.39 is 21.5 Å². The highest BCUT2D eigenvalue weighted by molar-refractivity contribution is 7.87. The molecule has 2 N–H and O–H groups in total. The van der Waals surface area contributed by atoms with Crippen molar-refractivity contribution in [2.75, 3.05) is 34.3 Å². The quantitative estimate of drug-likeness (QED) is 0.364. The molecular weight excluding hydrogens is 590 g/mol. The molecule has 45 heavy (non-hydrogen) atoms. The number of hydrogen-bond donors (Lipinski definition) is 2. The maximum absolute atomic E-state index is 14.2. The Morgan fingerprint density at radius 2 is 1.71 bits per heavy atom. The van der Waals surface area contributed by atoms with Crippen molar-refractivity contribution >= 4 is 32.9 Å². The molecule has 240 valence electrons. The number of methoxy groups -OCH3 is 1. The molecule has 2 saturated carbocycles. The Balaban J connectivity index is 1.38. The first kappa shape index (κ1) is 30.3. The van der Waals surface area contributed by atoms with Crippen molar-refractivity contribution < 1.29 is 22.7 Å². The largest absolute Gasteiger partial charge is 0.497 e. The van der Waals surface area contributed by atoms with Gasteiger partial charge in [0.05, 0.1) is 18.2 Å². The number of piperazine rings is 1. The molecule has 1 aromatic heterocycles. The highest BCUT2D eigenvalue weighted by atomic mass is 32.2. The Labute approximate surface area is 265 Å². The van der Waals surface area contributed by atoms with Gasteiger partial charge in [-0.15, -0.1) is 0 Å². The number of ether oxygens (including phenoxy) is 1. The number of aromatic nitrogens is 1. The fourth-order valence-corrected chi connectivity index (χ4v) is 8.33. The smallest absolute Gasteiger partial charge is 0.303 e. The van der Waals surface area contributed by atoms with Crippen molar-refractivity contribution in [1.82, 2.24) is 23.8 Å². The molecule has 11 heteroatoms. The molecular formula is C34H43N5O5S. The minimum Gasteiger partial charge on any atom is -0.497 e. The minimum atomic E-state index is -3.96. The van der Waals surface area contributed by atoms with Gasteiger partial charge in [-0.25, -0.2) is 4.72 Å². The SMILES string of the molecule is COc1ccc(-c2c(C3CCCCC3)c3ccc(C(=O)NS(=O)(=O)N(C)C)cc3n2CC2(C(=O)N3[C@@H]4CNC[C@H]3C4)CC2)cc1. The number of carbonyl (C=O) groups excluding carboxylic acids is 2. The van der Waals surface area contributed by atoms with E-state index in [1.165, 1.54) is 26.1 Å². The molecule has 0 spiro atoms. The third-order valence-corrected chi connectivity index (χ3v) is 11.9. The van der Waals surface area contributed by atoms with Gasteiger partial charge in [0.1, 0.15) is 5.75 Å². The van der Waals surface area contributed by atoms with Gasteiger partial charge in [0, 0.05) is 62.3 Å². The van der Waals surface area contributed by atoms with E-state index in [9.17, 15) is 18.0 Å². The van der Waals surface area contributed by atoms with E-state index in [1.54, 1.807) is 13.2 Å². The Morgan fingerprint density at radius 1 is 1.02 bits per heavy atom. The van der Waals surface area contributed by atoms with Crippen molar-refractivity contribution in [2.24, 2.45) is 5.41 Å². The van der Waals surface area contributed by atoms with E-state index in [1.807, 2.05) is 24.3 Å². The number of piperidine rings is 1. The van der Waals surface area contributed by atoms with Gasteiger partial charge in [0.25, 0.3) is 5.91 Å². The molecule has 4 aliphatic rings. The molecule has 3 heterocycles. The van der Waals surface area contributed by atoms with Crippen molar-refractivity contribution in [1.29, 1.82) is 0 Å². The van der Waals surface area contributed by atoms with E-state index in [4.69, 9.17) is 4.74 Å². The van der Waals surface area contributed by atoms with Crippen LogP contribution in [-0.4, -0.2) is 80.4 Å². The molecule has 2 aliphatic carbocycles. The van der Waals surface area contributed by atoms with Crippen LogP contribution in [0.1, 0.15) is 73.2 Å². The van der Waals surface area contributed by atoms with Crippen LogP contribution in [0.15, 0.2) is 42.5 Å². The Kier molecular flexibility index (Phi) is 7.69. The summed E-state index contributed by atoms with van der Waals surface area (Å²) < 4.78 is 36.0. The highest BCUT2D eigenvalue weighted by Crippen LogP contribution is 2.53. The lowest BCUT2D eigenvalue weighted by Crippen LogP contribution is -2.70. The van der Waals surface area contributed by atoms with Crippen LogP contribution in [-0.2, 0) is 21.5 Å². The third kappa shape index (κ3) is 5.32. The van der Waals surface area contributed by atoms with Crippen LogP contribution >= 0.6 is 0 Å². The predicted molar refractivity (Wildman–Crippen MR) is 173 cm³/mol. The summed E-state index contributed by atoms with van der Waals surface area (Å²) in [6.07, 6.45) is 8.45. The van der Waals surface area contributed by atoms with Crippen molar-refractivity contribution in [2.45, 2.75) is 75.9 Å². The lowest BCUT2D eigenvalue weighted by atomic mass is 9.81. The summed E-state index contributed by atoms with van der Waals surface area (Å²) in [5, 5.41) is 4.50. The third-order valence-electron chi connectivity index (χ3n) is 10.5. The first-order chi connectivity index (χ1) is 21.6. The zero-order chi connectivity index (χ0) is 31.5. The fourth-order valence-electron chi connectivity index (χ4n) is 7.79. The summed E-state index contributed by atoms with van der Waals surface area (Å²) in [5.41, 5.74) is 4.03. The number of nitrogens with one attached hydrogen (secondary N) is 2. The lowest BCUT2D eigenvalue weighted by molar-refractivity contribution is -0.154. The average molecular weight is 634 g/mol. The van der Waals surface area contributed by atoms with Gasteiger partial charge in [0.15, 0.2) is 0 Å². The monoisotopic (exact) mass is 633 g/mol. The number of fused-ring (bicyclic) bond motifs is 3. The van der Waals surface area contributed by atoms with Crippen molar-refractivity contribution in [3.05, 3.63) is 53.6 Å². The molecule has 7 rings (SSSR count). The zero-order valence-corrected chi connectivity index (χ0v) is 27.2. The number of amides is 2. The Bertz CT molecular complexity index is 1720. The first-order valence-corrected chi connectivity index (χ1v) is 17.6. The predicted octanol–water partition coefficient (Wildman–Crippen LogP) is 4.25. The summed E-state index contributed by atoms with van der Waals surface area (Å²) in [4.78, 5) is 29.7. The van der Waals surface area contributed by atoms with Crippen LogP contribution in [0.3, 0.4) is 0 Å². The van der Waals surface area contributed by atoms with Crippen LogP contribution in [0, 0.1) is 5.41 Å². The molecule has 3 aromatic rings. The average Bonchev–Trinajstić information content (AvgIpc) is 3.77. The van der Waals surface area contributed by atoms with Gasteiger partial charge in [-0.2, -0.15) is 12.7 Å². The van der Waals surface area contributed by atoms with E-state index in [0.29, 0.717) is 12.5 Å². The molecule has 0 unspecified atom stereocenters.